The molecule has 9 heteroatoms. The van der Waals surface area contributed by atoms with Crippen LogP contribution in [0.4, 0.5) is 10.5 Å². The van der Waals surface area contributed by atoms with Gasteiger partial charge in [-0.25, -0.2) is 14.5 Å². The average molecular weight is 369 g/mol. The lowest BCUT2D eigenvalue weighted by Crippen LogP contribution is -2.64. The Morgan fingerprint density at radius 3 is 2.56 bits per heavy atom. The molecule has 1 saturated heterocycles. The first-order valence-electron chi connectivity index (χ1n) is 9.14. The van der Waals surface area contributed by atoms with Crippen LogP contribution < -0.4 is 4.74 Å². The molecule has 1 aromatic carbocycles. The van der Waals surface area contributed by atoms with Crippen molar-refractivity contribution in [1.29, 1.82) is 0 Å². The number of carbonyl (C=O) groups is 1. The van der Waals surface area contributed by atoms with Crippen molar-refractivity contribution in [2.24, 2.45) is 5.41 Å². The molecule has 27 heavy (non-hydrogen) atoms. The van der Waals surface area contributed by atoms with Crippen LogP contribution in [0.15, 0.2) is 30.6 Å². The summed E-state index contributed by atoms with van der Waals surface area (Å²) in [6.07, 6.45) is 5.83. The summed E-state index contributed by atoms with van der Waals surface area (Å²) in [5.41, 5.74) is 0.140. The van der Waals surface area contributed by atoms with Gasteiger partial charge in [0.05, 0.1) is 11.0 Å². The summed E-state index contributed by atoms with van der Waals surface area (Å²) in [6.45, 7) is 1.36. The fraction of sp³-hybridized carbons (Fsp3) is 0.500. The number of non-ortho nitro benzene ring substituents is 1. The van der Waals surface area contributed by atoms with Gasteiger partial charge in [0.25, 0.3) is 5.69 Å². The summed E-state index contributed by atoms with van der Waals surface area (Å²) in [6, 6.07) is 5.90. The van der Waals surface area contributed by atoms with Crippen LogP contribution in [-0.4, -0.2) is 43.8 Å². The first-order chi connectivity index (χ1) is 13.0. The van der Waals surface area contributed by atoms with E-state index in [9.17, 15) is 14.9 Å². The Hall–Kier alpha value is -2.97. The van der Waals surface area contributed by atoms with E-state index in [-0.39, 0.29) is 11.1 Å². The van der Waals surface area contributed by atoms with Gasteiger partial charge in [0.1, 0.15) is 12.1 Å². The molecule has 1 spiro atoms. The van der Waals surface area contributed by atoms with E-state index in [1.54, 1.807) is 4.90 Å². The third-order valence-corrected chi connectivity index (χ3v) is 5.74. The number of hydrogen-bond donors (Lipinski definition) is 0. The molecule has 3 aliphatic rings. The number of aromatic nitrogens is 3. The van der Waals surface area contributed by atoms with Crippen LogP contribution in [0.3, 0.4) is 0 Å². The zero-order chi connectivity index (χ0) is 18.6. The van der Waals surface area contributed by atoms with Crippen LogP contribution in [0.5, 0.6) is 5.75 Å². The smallest absolute Gasteiger partial charge is 0.410 e. The van der Waals surface area contributed by atoms with E-state index in [0.717, 1.165) is 18.7 Å². The molecule has 5 rings (SSSR count). The second kappa shape index (κ2) is 5.77. The number of rotatable bonds is 4. The Morgan fingerprint density at radius 2 is 1.93 bits per heavy atom. The predicted octanol–water partition coefficient (Wildman–Crippen LogP) is 2.90. The number of hydrogen-bond acceptors (Lipinski definition) is 6. The van der Waals surface area contributed by atoms with Crippen molar-refractivity contribution < 1.29 is 14.5 Å². The number of ether oxygens (including phenoxy) is 1. The fourth-order valence-corrected chi connectivity index (χ4v) is 4.07. The van der Waals surface area contributed by atoms with Crippen LogP contribution in [-0.2, 0) is 0 Å². The molecular formula is C18H19N5O4. The Balaban J connectivity index is 1.12. The average Bonchev–Trinajstić information content (AvgIpc) is 3.31. The third-order valence-electron chi connectivity index (χ3n) is 5.74. The fourth-order valence-electron chi connectivity index (χ4n) is 4.07. The second-order valence-corrected chi connectivity index (χ2v) is 7.89. The number of likely N-dealkylation sites (tertiary alicyclic amines) is 1. The van der Waals surface area contributed by atoms with Gasteiger partial charge >= 0.3 is 6.09 Å². The van der Waals surface area contributed by atoms with Gasteiger partial charge in [0, 0.05) is 36.6 Å². The number of benzene rings is 1. The molecule has 140 valence electrons. The van der Waals surface area contributed by atoms with Crippen molar-refractivity contribution in [3.63, 3.8) is 0 Å². The molecule has 0 unspecified atom stereocenters. The third kappa shape index (κ3) is 2.92. The van der Waals surface area contributed by atoms with E-state index >= 15 is 0 Å². The Morgan fingerprint density at radius 1 is 1.22 bits per heavy atom. The van der Waals surface area contributed by atoms with Gasteiger partial charge in [-0.2, -0.15) is 5.10 Å². The highest BCUT2D eigenvalue weighted by Crippen LogP contribution is 2.54. The molecule has 2 aliphatic carbocycles. The van der Waals surface area contributed by atoms with Crippen LogP contribution in [0, 0.1) is 15.5 Å². The molecular weight excluding hydrogens is 350 g/mol. The number of nitro benzene ring substituents is 1. The molecule has 2 heterocycles. The predicted molar refractivity (Wildman–Crippen MR) is 93.4 cm³/mol. The minimum absolute atomic E-state index is 0.0313. The zero-order valence-corrected chi connectivity index (χ0v) is 14.7. The first-order valence-corrected chi connectivity index (χ1v) is 9.14. The molecule has 1 aromatic heterocycles. The van der Waals surface area contributed by atoms with Crippen molar-refractivity contribution in [1.82, 2.24) is 19.7 Å². The number of nitrogens with zero attached hydrogens (tertiary/aromatic N) is 5. The topological polar surface area (TPSA) is 103 Å². The van der Waals surface area contributed by atoms with Crippen molar-refractivity contribution in [2.75, 3.05) is 13.1 Å². The van der Waals surface area contributed by atoms with E-state index in [4.69, 9.17) is 4.74 Å². The maximum absolute atomic E-state index is 12.2. The van der Waals surface area contributed by atoms with E-state index in [1.807, 2.05) is 11.0 Å². The summed E-state index contributed by atoms with van der Waals surface area (Å²) in [5, 5.41) is 15.3. The van der Waals surface area contributed by atoms with Gasteiger partial charge in [-0.3, -0.25) is 10.1 Å². The number of carbonyl (C=O) groups excluding carboxylic acids is 1. The minimum Gasteiger partial charge on any atom is -0.410 e. The van der Waals surface area contributed by atoms with Crippen molar-refractivity contribution >= 4 is 11.8 Å². The Kier molecular flexibility index (Phi) is 3.46. The largest absolute Gasteiger partial charge is 0.415 e. The Labute approximate surface area is 155 Å². The summed E-state index contributed by atoms with van der Waals surface area (Å²) in [7, 11) is 0. The molecule has 2 saturated carbocycles. The molecule has 3 fully saturated rings. The molecule has 0 bridgehead atoms. The highest BCUT2D eigenvalue weighted by atomic mass is 16.6. The van der Waals surface area contributed by atoms with Gasteiger partial charge in [-0.1, -0.05) is 0 Å². The van der Waals surface area contributed by atoms with Crippen LogP contribution in [0.2, 0.25) is 0 Å². The summed E-state index contributed by atoms with van der Waals surface area (Å²) < 4.78 is 7.28. The SMILES string of the molecule is O=C(Oc1ccc([N+](=O)[O-])cc1)N1CC2(CC(n3cnc(C4CC4)n3)C2)C1. The van der Waals surface area contributed by atoms with E-state index in [1.165, 1.54) is 37.1 Å². The standard InChI is InChI=1S/C18H19N5O4/c24-17(27-15-5-3-13(4-6-15)23(25)26)21-9-18(10-21)7-14(8-18)22-11-19-16(20-22)12-1-2-12/h3-6,11-12,14H,1-2,7-10H2. The highest BCUT2D eigenvalue weighted by molar-refractivity contribution is 5.72. The molecule has 2 aromatic rings. The molecule has 0 atom stereocenters. The molecule has 0 N–H and O–H groups in total. The van der Waals surface area contributed by atoms with Gasteiger partial charge in [-0.15, -0.1) is 0 Å². The zero-order valence-electron chi connectivity index (χ0n) is 14.7. The first kappa shape index (κ1) is 16.2. The lowest BCUT2D eigenvalue weighted by Gasteiger charge is -2.58. The van der Waals surface area contributed by atoms with Gasteiger partial charge < -0.3 is 9.64 Å². The molecule has 1 aliphatic heterocycles. The van der Waals surface area contributed by atoms with Crippen LogP contribution >= 0.6 is 0 Å². The molecule has 1 amide bonds. The second-order valence-electron chi connectivity index (χ2n) is 7.89. The van der Waals surface area contributed by atoms with Crippen molar-refractivity contribution in [2.45, 2.75) is 37.6 Å². The highest BCUT2D eigenvalue weighted by Gasteiger charge is 2.55. The Bertz CT molecular complexity index is 891. The molecule has 9 nitrogen and oxygen atoms in total. The van der Waals surface area contributed by atoms with Gasteiger partial charge in [-0.05, 0) is 37.8 Å². The lowest BCUT2D eigenvalue weighted by atomic mass is 9.61. The minimum atomic E-state index is -0.486. The van der Waals surface area contributed by atoms with Gasteiger partial charge in [0.15, 0.2) is 5.82 Å². The summed E-state index contributed by atoms with van der Waals surface area (Å²) in [4.78, 5) is 28.5. The monoisotopic (exact) mass is 369 g/mol. The van der Waals surface area contributed by atoms with Crippen molar-refractivity contribution in [3.05, 3.63) is 46.5 Å². The van der Waals surface area contributed by atoms with Gasteiger partial charge in [0.2, 0.25) is 0 Å². The maximum atomic E-state index is 12.2. The maximum Gasteiger partial charge on any atom is 0.415 e. The summed E-state index contributed by atoms with van der Waals surface area (Å²) in [5.74, 6) is 1.85. The number of amides is 1. The normalized spacial score (nSPS) is 20.8. The summed E-state index contributed by atoms with van der Waals surface area (Å²) >= 11 is 0. The van der Waals surface area contributed by atoms with E-state index < -0.39 is 11.0 Å². The van der Waals surface area contributed by atoms with Crippen molar-refractivity contribution in [3.8, 4) is 5.75 Å². The lowest BCUT2D eigenvalue weighted by molar-refractivity contribution is -0.384. The number of nitro groups is 1. The molecule has 0 radical (unpaired) electrons. The quantitative estimate of drug-likeness (QED) is 0.606. The van der Waals surface area contributed by atoms with E-state index in [0.29, 0.717) is 30.8 Å². The van der Waals surface area contributed by atoms with E-state index in [2.05, 4.69) is 10.1 Å². The van der Waals surface area contributed by atoms with Crippen LogP contribution in [0.1, 0.15) is 43.5 Å². The van der Waals surface area contributed by atoms with Crippen LogP contribution in [0.25, 0.3) is 0 Å².